The van der Waals surface area contributed by atoms with Crippen LogP contribution in [0.25, 0.3) is 10.9 Å². The van der Waals surface area contributed by atoms with Gasteiger partial charge >= 0.3 is 0 Å². The van der Waals surface area contributed by atoms with E-state index in [1.807, 2.05) is 35.8 Å². The molecule has 1 fully saturated rings. The molecule has 37 heavy (non-hydrogen) atoms. The number of pyridine rings is 1. The van der Waals surface area contributed by atoms with Crippen molar-refractivity contribution in [2.45, 2.75) is 33.2 Å². The standard InChI is InChI=1S/C31H35N5O/c1-5-15-36-28-13-11-24(22(2)3)20-27(28)23(4)30(36)31(37)33-25-12-14-29(32-21-25)35-18-16-34(17-19-35)26-9-7-6-8-10-26/h5-14,20-22H,1,15-19H2,2-4H3,(H,33,37). The number of aromatic nitrogens is 2. The predicted octanol–water partition coefficient (Wildman–Crippen LogP) is 6.23. The molecular weight excluding hydrogens is 458 g/mol. The van der Waals surface area contributed by atoms with Gasteiger partial charge in [-0.2, -0.15) is 0 Å². The second-order valence-corrected chi connectivity index (χ2v) is 9.97. The number of para-hydroxylation sites is 1. The molecule has 1 saturated heterocycles. The van der Waals surface area contributed by atoms with E-state index in [1.165, 1.54) is 11.3 Å². The van der Waals surface area contributed by atoms with Crippen LogP contribution in [0.4, 0.5) is 17.2 Å². The molecule has 6 nitrogen and oxygen atoms in total. The number of amides is 1. The molecule has 1 N–H and O–H groups in total. The number of piperazine rings is 1. The average molecular weight is 494 g/mol. The fraction of sp³-hybridized carbons (Fsp3) is 0.290. The first-order chi connectivity index (χ1) is 18.0. The summed E-state index contributed by atoms with van der Waals surface area (Å²) in [5.74, 6) is 1.23. The van der Waals surface area contributed by atoms with Crippen LogP contribution in [0, 0.1) is 6.92 Å². The maximum Gasteiger partial charge on any atom is 0.272 e. The Bertz CT molecular complexity index is 1400. The summed E-state index contributed by atoms with van der Waals surface area (Å²) in [5, 5.41) is 4.18. The predicted molar refractivity (Wildman–Crippen MR) is 154 cm³/mol. The van der Waals surface area contributed by atoms with Crippen molar-refractivity contribution in [3.05, 3.63) is 96.3 Å². The second-order valence-electron chi connectivity index (χ2n) is 9.97. The second kappa shape index (κ2) is 10.5. The molecule has 1 aliphatic heterocycles. The minimum Gasteiger partial charge on any atom is -0.368 e. The quantitative estimate of drug-likeness (QED) is 0.310. The summed E-state index contributed by atoms with van der Waals surface area (Å²) in [6, 6.07) is 20.9. The zero-order chi connectivity index (χ0) is 25.9. The van der Waals surface area contributed by atoms with Gasteiger partial charge in [0.1, 0.15) is 11.5 Å². The van der Waals surface area contributed by atoms with E-state index in [1.54, 1.807) is 6.20 Å². The van der Waals surface area contributed by atoms with Crippen molar-refractivity contribution in [3.8, 4) is 0 Å². The van der Waals surface area contributed by atoms with Crippen LogP contribution in [0.5, 0.6) is 0 Å². The summed E-state index contributed by atoms with van der Waals surface area (Å²) in [6.45, 7) is 14.6. The van der Waals surface area contributed by atoms with Crippen LogP contribution in [-0.4, -0.2) is 41.6 Å². The third-order valence-electron chi connectivity index (χ3n) is 7.26. The summed E-state index contributed by atoms with van der Waals surface area (Å²) in [4.78, 5) is 22.8. The highest BCUT2D eigenvalue weighted by Gasteiger charge is 2.22. The average Bonchev–Trinajstić information content (AvgIpc) is 3.20. The molecule has 6 heteroatoms. The molecule has 3 heterocycles. The van der Waals surface area contributed by atoms with Gasteiger partial charge in [0.2, 0.25) is 0 Å². The Morgan fingerprint density at radius 2 is 1.76 bits per heavy atom. The van der Waals surface area contributed by atoms with Crippen molar-refractivity contribution < 1.29 is 4.79 Å². The monoisotopic (exact) mass is 493 g/mol. The highest BCUT2D eigenvalue weighted by molar-refractivity contribution is 6.08. The van der Waals surface area contributed by atoms with Crippen LogP contribution in [0.15, 0.2) is 79.5 Å². The van der Waals surface area contributed by atoms with Crippen LogP contribution in [0.2, 0.25) is 0 Å². The molecule has 0 saturated carbocycles. The van der Waals surface area contributed by atoms with E-state index in [0.29, 0.717) is 23.8 Å². The van der Waals surface area contributed by atoms with Gasteiger partial charge in [-0.1, -0.05) is 44.2 Å². The molecule has 0 aliphatic carbocycles. The lowest BCUT2D eigenvalue weighted by Gasteiger charge is -2.36. The number of fused-ring (bicyclic) bond motifs is 1. The van der Waals surface area contributed by atoms with Gasteiger partial charge < -0.3 is 19.7 Å². The minimum absolute atomic E-state index is 0.132. The highest BCUT2D eigenvalue weighted by atomic mass is 16.2. The van der Waals surface area contributed by atoms with E-state index in [9.17, 15) is 4.79 Å². The van der Waals surface area contributed by atoms with Gasteiger partial charge in [-0.15, -0.1) is 6.58 Å². The molecule has 1 aliphatic rings. The molecule has 2 aromatic carbocycles. The maximum atomic E-state index is 13.5. The van der Waals surface area contributed by atoms with Crippen LogP contribution in [0.1, 0.15) is 41.4 Å². The molecule has 0 unspecified atom stereocenters. The van der Waals surface area contributed by atoms with Crippen molar-refractivity contribution in [1.29, 1.82) is 0 Å². The SMILES string of the molecule is C=CCn1c(C(=O)Nc2ccc(N3CCN(c4ccccc4)CC3)nc2)c(C)c2cc(C(C)C)ccc21. The molecule has 190 valence electrons. The van der Waals surface area contributed by atoms with Gasteiger partial charge in [0, 0.05) is 49.3 Å². The van der Waals surface area contributed by atoms with Gasteiger partial charge in [0.25, 0.3) is 5.91 Å². The summed E-state index contributed by atoms with van der Waals surface area (Å²) in [7, 11) is 0. The molecule has 5 rings (SSSR count). The number of carbonyl (C=O) groups excluding carboxylic acids is 1. The van der Waals surface area contributed by atoms with Gasteiger partial charge in [-0.25, -0.2) is 4.98 Å². The number of nitrogens with zero attached hydrogens (tertiary/aromatic N) is 4. The van der Waals surface area contributed by atoms with Crippen molar-refractivity contribution in [2.24, 2.45) is 0 Å². The lowest BCUT2D eigenvalue weighted by molar-refractivity contribution is 0.101. The van der Waals surface area contributed by atoms with E-state index < -0.39 is 0 Å². The Balaban J connectivity index is 1.31. The number of nitrogens with one attached hydrogen (secondary N) is 1. The first kappa shape index (κ1) is 24.6. The summed E-state index contributed by atoms with van der Waals surface area (Å²) in [5.41, 5.74) is 5.92. The highest BCUT2D eigenvalue weighted by Crippen LogP contribution is 2.30. The molecule has 1 amide bonds. The molecule has 2 aromatic heterocycles. The fourth-order valence-corrected chi connectivity index (χ4v) is 5.18. The van der Waals surface area contributed by atoms with Gasteiger partial charge in [-0.3, -0.25) is 4.79 Å². The maximum absolute atomic E-state index is 13.5. The number of rotatable bonds is 7. The van der Waals surface area contributed by atoms with Crippen molar-refractivity contribution in [1.82, 2.24) is 9.55 Å². The minimum atomic E-state index is -0.132. The first-order valence-corrected chi connectivity index (χ1v) is 13.0. The molecule has 0 atom stereocenters. The van der Waals surface area contributed by atoms with Crippen molar-refractivity contribution in [2.75, 3.05) is 41.3 Å². The number of allylic oxidation sites excluding steroid dienone is 1. The zero-order valence-electron chi connectivity index (χ0n) is 21.9. The summed E-state index contributed by atoms with van der Waals surface area (Å²) in [6.07, 6.45) is 3.59. The van der Waals surface area contributed by atoms with E-state index in [4.69, 9.17) is 0 Å². The number of aryl methyl sites for hydroxylation is 1. The zero-order valence-corrected chi connectivity index (χ0v) is 21.9. The third kappa shape index (κ3) is 4.96. The van der Waals surface area contributed by atoms with Crippen LogP contribution in [0.3, 0.4) is 0 Å². The fourth-order valence-electron chi connectivity index (χ4n) is 5.18. The summed E-state index contributed by atoms with van der Waals surface area (Å²) >= 11 is 0. The Morgan fingerprint density at radius 3 is 2.41 bits per heavy atom. The van der Waals surface area contributed by atoms with E-state index >= 15 is 0 Å². The number of carbonyl (C=O) groups is 1. The van der Waals surface area contributed by atoms with Gasteiger partial charge in [0.15, 0.2) is 0 Å². The Hall–Kier alpha value is -4.06. The number of benzene rings is 2. The number of anilines is 3. The molecule has 0 bridgehead atoms. The number of hydrogen-bond donors (Lipinski definition) is 1. The van der Waals surface area contributed by atoms with Gasteiger partial charge in [-0.05, 0) is 60.4 Å². The number of hydrogen-bond acceptors (Lipinski definition) is 4. The van der Waals surface area contributed by atoms with Gasteiger partial charge in [0.05, 0.1) is 11.9 Å². The Kier molecular flexibility index (Phi) is 6.99. The normalized spacial score (nSPS) is 13.8. The van der Waals surface area contributed by atoms with Crippen molar-refractivity contribution in [3.63, 3.8) is 0 Å². The molecule has 4 aromatic rings. The van der Waals surface area contributed by atoms with E-state index in [0.717, 1.165) is 48.5 Å². The van der Waals surface area contributed by atoms with Crippen LogP contribution in [-0.2, 0) is 6.54 Å². The molecular formula is C31H35N5O. The van der Waals surface area contributed by atoms with E-state index in [-0.39, 0.29) is 5.91 Å². The lowest BCUT2D eigenvalue weighted by atomic mass is 10.0. The smallest absolute Gasteiger partial charge is 0.272 e. The Labute approximate surface area is 219 Å². The Morgan fingerprint density at radius 1 is 1.03 bits per heavy atom. The topological polar surface area (TPSA) is 53.4 Å². The lowest BCUT2D eigenvalue weighted by Crippen LogP contribution is -2.46. The van der Waals surface area contributed by atoms with Crippen LogP contribution >= 0.6 is 0 Å². The summed E-state index contributed by atoms with van der Waals surface area (Å²) < 4.78 is 2.05. The van der Waals surface area contributed by atoms with E-state index in [2.05, 4.69) is 83.0 Å². The van der Waals surface area contributed by atoms with Crippen LogP contribution < -0.4 is 15.1 Å². The molecule has 0 spiro atoms. The van der Waals surface area contributed by atoms with Crippen molar-refractivity contribution >= 4 is 34.0 Å². The largest absolute Gasteiger partial charge is 0.368 e. The first-order valence-electron chi connectivity index (χ1n) is 13.0. The third-order valence-corrected chi connectivity index (χ3v) is 7.26. The molecule has 0 radical (unpaired) electrons.